The Labute approximate surface area is 173 Å². The molecule has 8 heteroatoms. The first-order chi connectivity index (χ1) is 14.1. The van der Waals surface area contributed by atoms with E-state index in [1.54, 1.807) is 23.1 Å². The predicted octanol–water partition coefficient (Wildman–Crippen LogP) is 4.12. The van der Waals surface area contributed by atoms with Crippen LogP contribution in [0.5, 0.6) is 0 Å². The van der Waals surface area contributed by atoms with E-state index in [9.17, 15) is 4.39 Å². The van der Waals surface area contributed by atoms with Crippen molar-refractivity contribution < 1.29 is 4.39 Å². The van der Waals surface area contributed by atoms with E-state index in [1.807, 2.05) is 41.3 Å². The first kappa shape index (κ1) is 18.8. The van der Waals surface area contributed by atoms with Crippen LogP contribution in [0.1, 0.15) is 11.1 Å². The van der Waals surface area contributed by atoms with Gasteiger partial charge in [-0.2, -0.15) is 10.2 Å². The number of halogens is 1. The van der Waals surface area contributed by atoms with E-state index in [1.165, 1.54) is 17.7 Å². The predicted molar refractivity (Wildman–Crippen MR) is 115 cm³/mol. The summed E-state index contributed by atoms with van der Waals surface area (Å²) >= 11 is 5.37. The van der Waals surface area contributed by atoms with E-state index >= 15 is 0 Å². The van der Waals surface area contributed by atoms with Crippen LogP contribution in [0.25, 0.3) is 0 Å². The van der Waals surface area contributed by atoms with Crippen LogP contribution < -0.4 is 10.6 Å². The third-order valence-electron chi connectivity index (χ3n) is 4.20. The Morgan fingerprint density at radius 1 is 0.828 bits per heavy atom. The van der Waals surface area contributed by atoms with Crippen molar-refractivity contribution in [2.24, 2.45) is 0 Å². The molecule has 0 bridgehead atoms. The molecule has 2 heterocycles. The lowest BCUT2D eigenvalue weighted by molar-refractivity contribution is 0.619. The van der Waals surface area contributed by atoms with Crippen molar-refractivity contribution in [3.05, 3.63) is 96.3 Å². The summed E-state index contributed by atoms with van der Waals surface area (Å²) in [6.45, 7) is 1.17. The van der Waals surface area contributed by atoms with Gasteiger partial charge in [-0.15, -0.1) is 0 Å². The van der Waals surface area contributed by atoms with E-state index in [0.717, 1.165) is 16.9 Å². The quantitative estimate of drug-likeness (QED) is 0.472. The highest BCUT2D eigenvalue weighted by Gasteiger charge is 2.05. The number of anilines is 2. The molecule has 4 aromatic rings. The van der Waals surface area contributed by atoms with Crippen molar-refractivity contribution in [1.29, 1.82) is 0 Å². The van der Waals surface area contributed by atoms with E-state index in [2.05, 4.69) is 33.0 Å². The summed E-state index contributed by atoms with van der Waals surface area (Å²) in [5.41, 5.74) is 3.56. The summed E-state index contributed by atoms with van der Waals surface area (Å²) in [6.07, 6.45) is 7.11. The molecule has 0 spiro atoms. The van der Waals surface area contributed by atoms with E-state index in [-0.39, 0.29) is 5.82 Å². The van der Waals surface area contributed by atoms with Crippen LogP contribution in [0.4, 0.5) is 15.8 Å². The molecule has 0 unspecified atom stereocenters. The third-order valence-corrected chi connectivity index (χ3v) is 4.41. The molecule has 0 fully saturated rings. The minimum Gasteiger partial charge on any atom is -0.330 e. The van der Waals surface area contributed by atoms with Crippen molar-refractivity contribution >= 4 is 28.7 Å². The van der Waals surface area contributed by atoms with Gasteiger partial charge >= 0.3 is 0 Å². The molecular weight excluding hydrogens is 387 g/mol. The van der Waals surface area contributed by atoms with Crippen LogP contribution >= 0.6 is 12.2 Å². The van der Waals surface area contributed by atoms with Crippen LogP contribution in [-0.4, -0.2) is 24.7 Å². The highest BCUT2D eigenvalue weighted by molar-refractivity contribution is 7.80. The van der Waals surface area contributed by atoms with Crippen LogP contribution in [0, 0.1) is 5.82 Å². The molecule has 0 aliphatic carbocycles. The number of hydrogen-bond acceptors (Lipinski definition) is 3. The molecule has 0 aliphatic heterocycles. The van der Waals surface area contributed by atoms with E-state index < -0.39 is 0 Å². The Morgan fingerprint density at radius 2 is 1.41 bits per heavy atom. The molecule has 29 heavy (non-hydrogen) atoms. The van der Waals surface area contributed by atoms with Crippen molar-refractivity contribution in [3.63, 3.8) is 0 Å². The Morgan fingerprint density at radius 3 is 2.03 bits per heavy atom. The van der Waals surface area contributed by atoms with Crippen molar-refractivity contribution in [3.8, 4) is 0 Å². The smallest absolute Gasteiger partial charge is 0.175 e. The molecule has 0 aliphatic rings. The van der Waals surface area contributed by atoms with E-state index in [4.69, 9.17) is 12.2 Å². The summed E-state index contributed by atoms with van der Waals surface area (Å²) in [5, 5.41) is 15.3. The number of hydrogen-bond donors (Lipinski definition) is 2. The maximum Gasteiger partial charge on any atom is 0.175 e. The maximum atomic E-state index is 13.3. The Balaban J connectivity index is 1.31. The number of benzene rings is 2. The second kappa shape index (κ2) is 8.66. The molecule has 2 aromatic carbocycles. The summed E-state index contributed by atoms with van der Waals surface area (Å²) in [4.78, 5) is 0. The molecular formula is C21H19FN6S. The molecule has 0 saturated carbocycles. The lowest BCUT2D eigenvalue weighted by atomic mass is 10.2. The van der Waals surface area contributed by atoms with Gasteiger partial charge in [-0.25, -0.2) is 4.39 Å². The van der Waals surface area contributed by atoms with Gasteiger partial charge in [0.1, 0.15) is 5.82 Å². The van der Waals surface area contributed by atoms with Gasteiger partial charge in [-0.1, -0.05) is 42.5 Å². The minimum atomic E-state index is -0.258. The second-order valence-corrected chi connectivity index (χ2v) is 6.96. The highest BCUT2D eigenvalue weighted by Crippen LogP contribution is 2.12. The molecule has 0 amide bonds. The van der Waals surface area contributed by atoms with Crippen LogP contribution in [-0.2, 0) is 13.1 Å². The van der Waals surface area contributed by atoms with Gasteiger partial charge in [0.25, 0.3) is 0 Å². The van der Waals surface area contributed by atoms with Crippen molar-refractivity contribution in [1.82, 2.24) is 19.6 Å². The Hall–Kier alpha value is -3.52. The van der Waals surface area contributed by atoms with E-state index in [0.29, 0.717) is 18.2 Å². The summed E-state index contributed by atoms with van der Waals surface area (Å²) in [7, 11) is 0. The number of nitrogens with one attached hydrogen (secondary N) is 2. The zero-order valence-electron chi connectivity index (χ0n) is 15.5. The lowest BCUT2D eigenvalue weighted by Gasteiger charge is -2.06. The fourth-order valence-electron chi connectivity index (χ4n) is 2.92. The monoisotopic (exact) mass is 406 g/mol. The molecule has 2 aromatic heterocycles. The average molecular weight is 406 g/mol. The molecule has 2 N–H and O–H groups in total. The zero-order chi connectivity index (χ0) is 20.1. The number of thiocarbonyl (C=S) groups is 1. The SMILES string of the molecule is Fc1cccc(Cn2cc(NC(=S)Nc3cnn(Cc4ccccc4)c3)cn2)c1. The second-order valence-electron chi connectivity index (χ2n) is 6.55. The van der Waals surface area contributed by atoms with Crippen molar-refractivity contribution in [2.75, 3.05) is 10.6 Å². The lowest BCUT2D eigenvalue weighted by Crippen LogP contribution is -2.18. The van der Waals surface area contributed by atoms with Gasteiger partial charge in [0.2, 0.25) is 0 Å². The Kier molecular flexibility index (Phi) is 5.62. The molecule has 0 saturated heterocycles. The topological polar surface area (TPSA) is 59.7 Å². The fraction of sp³-hybridized carbons (Fsp3) is 0.0952. The molecule has 146 valence electrons. The number of aromatic nitrogens is 4. The molecule has 0 radical (unpaired) electrons. The first-order valence-electron chi connectivity index (χ1n) is 9.05. The molecule has 6 nitrogen and oxygen atoms in total. The first-order valence-corrected chi connectivity index (χ1v) is 9.46. The average Bonchev–Trinajstić information content (AvgIpc) is 3.32. The van der Waals surface area contributed by atoms with Crippen LogP contribution in [0.3, 0.4) is 0 Å². The zero-order valence-corrected chi connectivity index (χ0v) is 16.3. The summed E-state index contributed by atoms with van der Waals surface area (Å²) in [5.74, 6) is -0.258. The van der Waals surface area contributed by atoms with Crippen LogP contribution in [0.15, 0.2) is 79.4 Å². The summed E-state index contributed by atoms with van der Waals surface area (Å²) < 4.78 is 16.9. The number of nitrogens with zero attached hydrogens (tertiary/aromatic N) is 4. The standard InChI is InChI=1S/C21H19FN6S/c22-18-8-4-7-17(9-18)13-28-15-20(11-24-28)26-21(29)25-19-10-23-27(14-19)12-16-5-2-1-3-6-16/h1-11,14-15H,12-13H2,(H2,25,26,29). The summed E-state index contributed by atoms with van der Waals surface area (Å²) in [6, 6.07) is 16.6. The minimum absolute atomic E-state index is 0.258. The maximum absolute atomic E-state index is 13.3. The van der Waals surface area contributed by atoms with Crippen LogP contribution in [0.2, 0.25) is 0 Å². The van der Waals surface area contributed by atoms with Gasteiger partial charge in [0.15, 0.2) is 5.11 Å². The number of rotatable bonds is 6. The normalized spacial score (nSPS) is 10.7. The Bertz CT molecular complexity index is 1110. The largest absolute Gasteiger partial charge is 0.330 e. The van der Waals surface area contributed by atoms with Gasteiger partial charge in [0, 0.05) is 12.4 Å². The van der Waals surface area contributed by atoms with Gasteiger partial charge in [-0.05, 0) is 35.5 Å². The van der Waals surface area contributed by atoms with Crippen molar-refractivity contribution in [2.45, 2.75) is 13.1 Å². The highest BCUT2D eigenvalue weighted by atomic mass is 32.1. The molecule has 0 atom stereocenters. The molecule has 4 rings (SSSR count). The van der Waals surface area contributed by atoms with Gasteiger partial charge in [-0.3, -0.25) is 9.36 Å². The van der Waals surface area contributed by atoms with Gasteiger partial charge < -0.3 is 10.6 Å². The third kappa shape index (κ3) is 5.26. The fourth-order valence-corrected chi connectivity index (χ4v) is 3.15. The van der Waals surface area contributed by atoms with Gasteiger partial charge in [0.05, 0.1) is 36.9 Å².